The van der Waals surface area contributed by atoms with Crippen molar-refractivity contribution in [2.75, 3.05) is 24.3 Å². The first-order chi connectivity index (χ1) is 8.97. The third-order valence-electron chi connectivity index (χ3n) is 2.23. The molecule has 7 heteroatoms. The Balaban J connectivity index is 3.26. The number of hydrogen-bond donors (Lipinski definition) is 2. The van der Waals surface area contributed by atoms with Gasteiger partial charge in [0.25, 0.3) is 0 Å². The molecule has 0 spiro atoms. The normalized spacial score (nSPS) is 10.2. The van der Waals surface area contributed by atoms with Crippen LogP contribution in [0.2, 0.25) is 0 Å². The minimum absolute atomic E-state index is 0.171. The van der Waals surface area contributed by atoms with Gasteiger partial charge >= 0.3 is 0 Å². The van der Waals surface area contributed by atoms with Crippen molar-refractivity contribution in [2.24, 2.45) is 0 Å². The second-order valence-electron chi connectivity index (χ2n) is 4.28. The van der Waals surface area contributed by atoms with Gasteiger partial charge in [-0.2, -0.15) is 20.5 Å². The van der Waals surface area contributed by atoms with Crippen molar-refractivity contribution < 1.29 is 4.74 Å². The van der Waals surface area contributed by atoms with E-state index < -0.39 is 5.54 Å². The molecular weight excluding hydrogens is 244 g/mol. The Labute approximate surface area is 112 Å². The van der Waals surface area contributed by atoms with E-state index in [1.165, 1.54) is 7.11 Å². The molecule has 0 atom stereocenters. The van der Waals surface area contributed by atoms with Crippen molar-refractivity contribution in [1.29, 1.82) is 10.5 Å². The van der Waals surface area contributed by atoms with Crippen LogP contribution < -0.4 is 15.4 Å². The van der Waals surface area contributed by atoms with Gasteiger partial charge in [-0.3, -0.25) is 0 Å². The largest absolute Gasteiger partial charge is 0.480 e. The molecule has 0 aliphatic heterocycles. The molecule has 7 nitrogen and oxygen atoms in total. The van der Waals surface area contributed by atoms with Crippen LogP contribution in [0.5, 0.6) is 5.88 Å². The third-order valence-corrected chi connectivity index (χ3v) is 2.23. The first-order valence-corrected chi connectivity index (χ1v) is 5.76. The van der Waals surface area contributed by atoms with Gasteiger partial charge in [-0.05, 0) is 20.8 Å². The van der Waals surface area contributed by atoms with Gasteiger partial charge in [-0.1, -0.05) is 0 Å². The number of nitrogens with zero attached hydrogens (tertiary/aromatic N) is 4. The van der Waals surface area contributed by atoms with E-state index in [2.05, 4.69) is 26.7 Å². The summed E-state index contributed by atoms with van der Waals surface area (Å²) in [5.41, 5.74) is -0.576. The molecule has 0 saturated carbocycles. The average Bonchev–Trinajstić information content (AvgIpc) is 2.38. The molecule has 0 saturated heterocycles. The van der Waals surface area contributed by atoms with Crippen molar-refractivity contribution in [3.05, 3.63) is 5.56 Å². The molecular formula is C12H16N6O. The molecule has 0 radical (unpaired) electrons. The molecule has 0 aromatic carbocycles. The molecule has 0 aliphatic rings. The Kier molecular flexibility index (Phi) is 4.49. The van der Waals surface area contributed by atoms with Crippen molar-refractivity contribution in [3.63, 3.8) is 0 Å². The molecule has 0 aliphatic carbocycles. The van der Waals surface area contributed by atoms with Gasteiger partial charge in [0.15, 0.2) is 11.4 Å². The highest BCUT2D eigenvalue weighted by atomic mass is 16.5. The summed E-state index contributed by atoms with van der Waals surface area (Å²) >= 11 is 0. The Morgan fingerprint density at radius 1 is 1.32 bits per heavy atom. The predicted molar refractivity (Wildman–Crippen MR) is 70.8 cm³/mol. The first-order valence-electron chi connectivity index (χ1n) is 5.76. The molecule has 1 heterocycles. The number of aromatic nitrogens is 2. The zero-order valence-electron chi connectivity index (χ0n) is 11.4. The van der Waals surface area contributed by atoms with Gasteiger partial charge in [0.1, 0.15) is 11.6 Å². The highest BCUT2D eigenvalue weighted by Gasteiger charge is 2.21. The van der Waals surface area contributed by atoms with Crippen molar-refractivity contribution in [2.45, 2.75) is 26.3 Å². The first kappa shape index (κ1) is 14.5. The SMILES string of the molecule is CCNc1nc(NC(C)(C)C#N)nc(OC)c1C#N. The standard InChI is InChI=1S/C12H16N6O/c1-5-15-9-8(6-13)10(19-4)17-11(16-9)18-12(2,3)7-14/h5H2,1-4H3,(H2,15,16,17,18). The van der Waals surface area contributed by atoms with Gasteiger partial charge in [-0.15, -0.1) is 0 Å². The Hall–Kier alpha value is -2.54. The summed E-state index contributed by atoms with van der Waals surface area (Å²) in [6, 6.07) is 4.09. The maximum Gasteiger partial charge on any atom is 0.238 e. The van der Waals surface area contributed by atoms with Crippen LogP contribution in [0.3, 0.4) is 0 Å². The summed E-state index contributed by atoms with van der Waals surface area (Å²) in [4.78, 5) is 8.27. The van der Waals surface area contributed by atoms with Crippen LogP contribution in [0.15, 0.2) is 0 Å². The lowest BCUT2D eigenvalue weighted by Gasteiger charge is -2.19. The highest BCUT2D eigenvalue weighted by Crippen LogP contribution is 2.24. The second-order valence-corrected chi connectivity index (χ2v) is 4.28. The molecule has 19 heavy (non-hydrogen) atoms. The monoisotopic (exact) mass is 260 g/mol. The zero-order valence-corrected chi connectivity index (χ0v) is 11.4. The number of rotatable bonds is 5. The average molecular weight is 260 g/mol. The van der Waals surface area contributed by atoms with E-state index in [0.717, 1.165) is 0 Å². The van der Waals surface area contributed by atoms with E-state index in [-0.39, 0.29) is 17.4 Å². The molecule has 1 aromatic rings. The van der Waals surface area contributed by atoms with Crippen LogP contribution in [0.25, 0.3) is 0 Å². The summed E-state index contributed by atoms with van der Waals surface area (Å²) in [5, 5.41) is 23.9. The summed E-state index contributed by atoms with van der Waals surface area (Å²) in [7, 11) is 1.43. The molecule has 1 rings (SSSR count). The molecule has 1 aromatic heterocycles. The van der Waals surface area contributed by atoms with Crippen LogP contribution in [0, 0.1) is 22.7 Å². The minimum Gasteiger partial charge on any atom is -0.480 e. The fourth-order valence-electron chi connectivity index (χ4n) is 1.35. The maximum absolute atomic E-state index is 9.10. The Bertz CT molecular complexity index is 540. The fraction of sp³-hybridized carbons (Fsp3) is 0.500. The third kappa shape index (κ3) is 3.46. The second kappa shape index (κ2) is 5.87. The minimum atomic E-state index is -0.817. The van der Waals surface area contributed by atoms with E-state index in [9.17, 15) is 0 Å². The Morgan fingerprint density at radius 2 is 2.00 bits per heavy atom. The molecule has 0 bridgehead atoms. The van der Waals surface area contributed by atoms with Crippen LogP contribution >= 0.6 is 0 Å². The number of anilines is 2. The molecule has 0 fully saturated rings. The van der Waals surface area contributed by atoms with Gasteiger partial charge in [-0.25, -0.2) is 0 Å². The van der Waals surface area contributed by atoms with Crippen molar-refractivity contribution >= 4 is 11.8 Å². The van der Waals surface area contributed by atoms with E-state index in [4.69, 9.17) is 15.3 Å². The topological polar surface area (TPSA) is 107 Å². The van der Waals surface area contributed by atoms with E-state index in [1.807, 2.05) is 13.0 Å². The predicted octanol–water partition coefficient (Wildman–Crippen LogP) is 1.50. The van der Waals surface area contributed by atoms with Crippen molar-refractivity contribution in [1.82, 2.24) is 9.97 Å². The lowest BCUT2D eigenvalue weighted by molar-refractivity contribution is 0.396. The van der Waals surface area contributed by atoms with Gasteiger partial charge in [0.2, 0.25) is 11.8 Å². The molecule has 2 N–H and O–H groups in total. The van der Waals surface area contributed by atoms with Crippen LogP contribution in [-0.4, -0.2) is 29.2 Å². The fourth-order valence-corrected chi connectivity index (χ4v) is 1.35. The summed E-state index contributed by atoms with van der Waals surface area (Å²) in [6.45, 7) is 5.90. The number of ether oxygens (including phenoxy) is 1. The number of hydrogen-bond acceptors (Lipinski definition) is 7. The van der Waals surface area contributed by atoms with Gasteiger partial charge < -0.3 is 15.4 Å². The number of nitrogens with one attached hydrogen (secondary N) is 2. The quantitative estimate of drug-likeness (QED) is 0.826. The summed E-state index contributed by atoms with van der Waals surface area (Å²) in [5.74, 6) is 0.788. The van der Waals surface area contributed by atoms with Crippen molar-refractivity contribution in [3.8, 4) is 18.0 Å². The molecule has 0 unspecified atom stereocenters. The highest BCUT2D eigenvalue weighted by molar-refractivity contribution is 5.60. The van der Waals surface area contributed by atoms with Crippen LogP contribution in [0.1, 0.15) is 26.3 Å². The number of nitriles is 2. The van der Waals surface area contributed by atoms with E-state index >= 15 is 0 Å². The van der Waals surface area contributed by atoms with E-state index in [1.54, 1.807) is 13.8 Å². The number of methoxy groups -OCH3 is 1. The smallest absolute Gasteiger partial charge is 0.238 e. The summed E-state index contributed by atoms with van der Waals surface area (Å²) in [6.07, 6.45) is 0. The zero-order chi connectivity index (χ0) is 14.5. The van der Waals surface area contributed by atoms with E-state index in [0.29, 0.717) is 12.4 Å². The van der Waals surface area contributed by atoms with Gasteiger partial charge in [0.05, 0.1) is 13.2 Å². The molecule has 100 valence electrons. The Morgan fingerprint density at radius 3 is 2.47 bits per heavy atom. The van der Waals surface area contributed by atoms with Gasteiger partial charge in [0, 0.05) is 6.54 Å². The van der Waals surface area contributed by atoms with Crippen LogP contribution in [0.4, 0.5) is 11.8 Å². The lowest BCUT2D eigenvalue weighted by Crippen LogP contribution is -2.29. The van der Waals surface area contributed by atoms with Crippen LogP contribution in [-0.2, 0) is 0 Å². The molecule has 0 amide bonds. The lowest BCUT2D eigenvalue weighted by atomic mass is 10.1. The summed E-state index contributed by atoms with van der Waals surface area (Å²) < 4.78 is 5.08. The maximum atomic E-state index is 9.10.